The minimum absolute atomic E-state index is 0.0826. The Labute approximate surface area is 146 Å². The summed E-state index contributed by atoms with van der Waals surface area (Å²) in [6.45, 7) is 4.00. The van der Waals surface area contributed by atoms with Crippen molar-refractivity contribution in [1.29, 1.82) is 0 Å². The lowest BCUT2D eigenvalue weighted by Crippen LogP contribution is -1.99. The molecule has 25 heavy (non-hydrogen) atoms. The number of hydrogen-bond donors (Lipinski definition) is 0. The molecule has 0 bridgehead atoms. The molecule has 4 rings (SSSR count). The minimum atomic E-state index is -0.397. The largest absolute Gasteiger partial charge is 0.322 e. The molecule has 1 aromatic carbocycles. The van der Waals surface area contributed by atoms with Gasteiger partial charge >= 0.3 is 0 Å². The van der Waals surface area contributed by atoms with Gasteiger partial charge < -0.3 is 4.40 Å². The highest BCUT2D eigenvalue weighted by Gasteiger charge is 2.22. The van der Waals surface area contributed by atoms with Crippen LogP contribution >= 0.6 is 0 Å². The molecule has 0 atom stereocenters. The molecule has 0 aliphatic heterocycles. The summed E-state index contributed by atoms with van der Waals surface area (Å²) in [7, 11) is 0. The molecule has 0 spiro atoms. The number of nitro benzene ring substituents is 1. The maximum absolute atomic E-state index is 12.3. The number of non-ortho nitro benzene ring substituents is 1. The van der Waals surface area contributed by atoms with Gasteiger partial charge in [0.15, 0.2) is 5.78 Å². The molecule has 5 nitrogen and oxygen atoms in total. The van der Waals surface area contributed by atoms with Crippen LogP contribution in [-0.2, 0) is 6.42 Å². The van der Waals surface area contributed by atoms with Crippen LogP contribution in [0.15, 0.2) is 48.8 Å². The van der Waals surface area contributed by atoms with Crippen LogP contribution in [0, 0.1) is 10.1 Å². The Hall–Kier alpha value is -2.95. The Kier molecular flexibility index (Phi) is 4.65. The number of Topliss-reactive ketones (excluding diaryl/α,β-unsaturated/α-hetero) is 1. The molecule has 0 radical (unpaired) electrons. The lowest BCUT2D eigenvalue weighted by molar-refractivity contribution is -0.384. The predicted molar refractivity (Wildman–Crippen MR) is 98.1 cm³/mol. The summed E-state index contributed by atoms with van der Waals surface area (Å²) in [5, 5.41) is 10.8. The number of aromatic nitrogens is 1. The number of hydrogen-bond acceptors (Lipinski definition) is 3. The van der Waals surface area contributed by atoms with Crippen molar-refractivity contribution >= 4 is 17.0 Å². The third-order valence-corrected chi connectivity index (χ3v) is 4.42. The SMILES string of the molecule is CC.O=C1CCCc2c(-c3ccc([N+](=O)[O-])cc3)cn3cccc1c23. The van der Waals surface area contributed by atoms with Gasteiger partial charge in [-0.3, -0.25) is 14.9 Å². The minimum Gasteiger partial charge on any atom is -0.322 e. The van der Waals surface area contributed by atoms with Gasteiger partial charge in [0.05, 0.1) is 10.4 Å². The van der Waals surface area contributed by atoms with Crippen molar-refractivity contribution in [3.63, 3.8) is 0 Å². The van der Waals surface area contributed by atoms with Crippen LogP contribution in [0.2, 0.25) is 0 Å². The van der Waals surface area contributed by atoms with Crippen molar-refractivity contribution in [1.82, 2.24) is 4.40 Å². The highest BCUT2D eigenvalue weighted by Crippen LogP contribution is 2.35. The molecule has 0 saturated carbocycles. The Balaban J connectivity index is 0.000000880. The lowest BCUT2D eigenvalue weighted by atomic mass is 10.00. The molecule has 2 heterocycles. The lowest BCUT2D eigenvalue weighted by Gasteiger charge is -2.03. The molecule has 0 fully saturated rings. The Morgan fingerprint density at radius 3 is 2.44 bits per heavy atom. The van der Waals surface area contributed by atoms with E-state index in [4.69, 9.17) is 0 Å². The zero-order valence-electron chi connectivity index (χ0n) is 14.4. The quantitative estimate of drug-likeness (QED) is 0.485. The fourth-order valence-electron chi connectivity index (χ4n) is 3.35. The third-order valence-electron chi connectivity index (χ3n) is 4.42. The maximum Gasteiger partial charge on any atom is 0.269 e. The van der Waals surface area contributed by atoms with Gasteiger partial charge in [0.25, 0.3) is 5.69 Å². The smallest absolute Gasteiger partial charge is 0.269 e. The number of benzene rings is 1. The molecule has 0 unspecified atom stereocenters. The molecule has 5 heteroatoms. The Morgan fingerprint density at radius 2 is 1.76 bits per heavy atom. The molecule has 2 aromatic heterocycles. The number of ketones is 1. The van der Waals surface area contributed by atoms with E-state index < -0.39 is 4.92 Å². The van der Waals surface area contributed by atoms with Gasteiger partial charge in [-0.2, -0.15) is 0 Å². The van der Waals surface area contributed by atoms with Crippen LogP contribution in [0.5, 0.6) is 0 Å². The van der Waals surface area contributed by atoms with E-state index in [1.165, 1.54) is 12.1 Å². The first-order chi connectivity index (χ1) is 12.1. The van der Waals surface area contributed by atoms with E-state index in [0.29, 0.717) is 6.42 Å². The zero-order chi connectivity index (χ0) is 18.0. The molecule has 3 aromatic rings. The predicted octanol–water partition coefficient (Wildman–Crippen LogP) is 5.06. The summed E-state index contributed by atoms with van der Waals surface area (Å²) in [4.78, 5) is 22.7. The summed E-state index contributed by atoms with van der Waals surface area (Å²) in [5.74, 6) is 0.183. The van der Waals surface area contributed by atoms with E-state index in [9.17, 15) is 14.9 Å². The van der Waals surface area contributed by atoms with E-state index in [2.05, 4.69) is 0 Å². The second kappa shape index (κ2) is 6.89. The summed E-state index contributed by atoms with van der Waals surface area (Å²) in [6.07, 6.45) is 6.18. The average Bonchev–Trinajstić information content (AvgIpc) is 2.93. The van der Waals surface area contributed by atoms with Crippen molar-refractivity contribution < 1.29 is 9.72 Å². The number of pyridine rings is 1. The fraction of sp³-hybridized carbons (Fsp3) is 0.250. The van der Waals surface area contributed by atoms with Crippen LogP contribution in [0.1, 0.15) is 42.6 Å². The number of aryl methyl sites for hydroxylation is 1. The topological polar surface area (TPSA) is 64.6 Å². The van der Waals surface area contributed by atoms with E-state index >= 15 is 0 Å². The summed E-state index contributed by atoms with van der Waals surface area (Å²) in [6, 6.07) is 10.4. The molecular weight excluding hydrogens is 316 g/mol. The number of nitro groups is 1. The van der Waals surface area contributed by atoms with E-state index in [1.807, 2.05) is 42.8 Å². The van der Waals surface area contributed by atoms with Crippen LogP contribution < -0.4 is 0 Å². The second-order valence-corrected chi connectivity index (χ2v) is 5.78. The van der Waals surface area contributed by atoms with Gasteiger partial charge in [-0.05, 0) is 48.2 Å². The Bertz CT molecular complexity index is 939. The van der Waals surface area contributed by atoms with Crippen molar-refractivity contribution in [3.8, 4) is 11.1 Å². The molecule has 0 N–H and O–H groups in total. The molecule has 0 saturated heterocycles. The number of carbonyl (C=O) groups is 1. The van der Waals surface area contributed by atoms with Crippen molar-refractivity contribution in [2.45, 2.75) is 33.1 Å². The molecular formula is C20H20N2O3. The van der Waals surface area contributed by atoms with Crippen LogP contribution in [-0.4, -0.2) is 15.1 Å². The van der Waals surface area contributed by atoms with Crippen LogP contribution in [0.3, 0.4) is 0 Å². The normalized spacial score (nSPS) is 13.1. The van der Waals surface area contributed by atoms with Gasteiger partial charge in [-0.25, -0.2) is 0 Å². The molecule has 0 amide bonds. The summed E-state index contributed by atoms with van der Waals surface area (Å²) >= 11 is 0. The van der Waals surface area contributed by atoms with Crippen LogP contribution in [0.25, 0.3) is 16.6 Å². The van der Waals surface area contributed by atoms with E-state index in [-0.39, 0.29) is 11.5 Å². The number of nitrogens with zero attached hydrogens (tertiary/aromatic N) is 2. The fourth-order valence-corrected chi connectivity index (χ4v) is 3.35. The van der Waals surface area contributed by atoms with Crippen molar-refractivity contribution in [3.05, 3.63) is 70.0 Å². The third kappa shape index (κ3) is 2.93. The number of rotatable bonds is 2. The first kappa shape index (κ1) is 16.9. The standard InChI is InChI=1S/C18H14N2O3.C2H6/c21-17-5-1-3-14-16(11-19-10-2-4-15(17)18(14)19)12-6-8-13(9-7-12)20(22)23;1-2/h2,4,6-11H,1,3,5H2;1-2H3. The van der Waals surface area contributed by atoms with Crippen molar-refractivity contribution in [2.75, 3.05) is 0 Å². The zero-order valence-corrected chi connectivity index (χ0v) is 14.4. The molecule has 1 aliphatic rings. The highest BCUT2D eigenvalue weighted by molar-refractivity contribution is 6.04. The van der Waals surface area contributed by atoms with Crippen LogP contribution in [0.4, 0.5) is 5.69 Å². The first-order valence-corrected chi connectivity index (χ1v) is 8.56. The first-order valence-electron chi connectivity index (χ1n) is 8.56. The van der Waals surface area contributed by atoms with E-state index in [1.54, 1.807) is 12.1 Å². The average molecular weight is 336 g/mol. The summed E-state index contributed by atoms with van der Waals surface area (Å²) < 4.78 is 1.99. The van der Waals surface area contributed by atoms with Gasteiger partial charge in [-0.15, -0.1) is 0 Å². The van der Waals surface area contributed by atoms with Gasteiger partial charge in [0.1, 0.15) is 0 Å². The molecule has 1 aliphatic carbocycles. The monoisotopic (exact) mass is 336 g/mol. The maximum atomic E-state index is 12.3. The van der Waals surface area contributed by atoms with Gasteiger partial charge in [-0.1, -0.05) is 13.8 Å². The molecule has 128 valence electrons. The van der Waals surface area contributed by atoms with E-state index in [0.717, 1.165) is 40.6 Å². The van der Waals surface area contributed by atoms with Gasteiger partial charge in [0, 0.05) is 42.1 Å². The second-order valence-electron chi connectivity index (χ2n) is 5.78. The Morgan fingerprint density at radius 1 is 1.04 bits per heavy atom. The highest BCUT2D eigenvalue weighted by atomic mass is 16.6. The summed E-state index contributed by atoms with van der Waals surface area (Å²) in [5.41, 5.74) is 4.97. The van der Waals surface area contributed by atoms with Crippen molar-refractivity contribution in [2.24, 2.45) is 0 Å². The number of carbonyl (C=O) groups excluding carboxylic acids is 1. The van der Waals surface area contributed by atoms with Gasteiger partial charge in [0.2, 0.25) is 0 Å².